The molecule has 1 amide bonds. The monoisotopic (exact) mass is 469 g/mol. The molecule has 0 atom stereocenters. The van der Waals surface area contributed by atoms with E-state index < -0.39 is 0 Å². The molecule has 1 aromatic heterocycles. The van der Waals surface area contributed by atoms with Crippen LogP contribution in [0.4, 0.5) is 5.69 Å². The van der Waals surface area contributed by atoms with Gasteiger partial charge in [0.05, 0.1) is 12.7 Å². The predicted molar refractivity (Wildman–Crippen MR) is 123 cm³/mol. The number of amides is 1. The van der Waals surface area contributed by atoms with E-state index in [1.807, 2.05) is 49.4 Å². The van der Waals surface area contributed by atoms with Gasteiger partial charge in [0, 0.05) is 22.6 Å². The molecule has 7 heteroatoms. The lowest BCUT2D eigenvalue weighted by Crippen LogP contribution is -2.34. The topological polar surface area (TPSA) is 63.2 Å². The van der Waals surface area contributed by atoms with Crippen LogP contribution in [0.5, 0.6) is 5.75 Å². The summed E-state index contributed by atoms with van der Waals surface area (Å²) < 4.78 is 6.16. The van der Waals surface area contributed by atoms with Crippen molar-refractivity contribution < 1.29 is 9.53 Å². The number of benzene rings is 2. The van der Waals surface area contributed by atoms with E-state index in [4.69, 9.17) is 17.0 Å². The standard InChI is InChI=1S/C22H20BrN3O2S/c1-14-11-17(23)13-19(20(14)28-2)21(27)26-22(29)25-18-5-3-15(4-6-18)12-16-7-9-24-10-8-16/h3-11,13H,12H2,1-2H3,(H2,25,26,27,29). The maximum Gasteiger partial charge on any atom is 0.261 e. The van der Waals surface area contributed by atoms with Crippen LogP contribution in [0.25, 0.3) is 0 Å². The number of pyridine rings is 1. The van der Waals surface area contributed by atoms with Crippen LogP contribution in [0.3, 0.4) is 0 Å². The summed E-state index contributed by atoms with van der Waals surface area (Å²) in [5.74, 6) is 0.187. The second-order valence-corrected chi connectivity index (χ2v) is 7.76. The number of carbonyl (C=O) groups excluding carboxylic acids is 1. The zero-order valence-electron chi connectivity index (χ0n) is 16.0. The second-order valence-electron chi connectivity index (χ2n) is 6.44. The lowest BCUT2D eigenvalue weighted by molar-refractivity contribution is 0.0974. The number of nitrogens with zero attached hydrogens (tertiary/aromatic N) is 1. The zero-order valence-corrected chi connectivity index (χ0v) is 18.4. The Balaban J connectivity index is 1.63. The number of aryl methyl sites for hydroxylation is 1. The van der Waals surface area contributed by atoms with Gasteiger partial charge in [-0.25, -0.2) is 0 Å². The third-order valence-electron chi connectivity index (χ3n) is 4.28. The molecule has 0 aliphatic heterocycles. The number of hydrogen-bond acceptors (Lipinski definition) is 4. The summed E-state index contributed by atoms with van der Waals surface area (Å²) in [4.78, 5) is 16.7. The fourth-order valence-electron chi connectivity index (χ4n) is 2.94. The maximum absolute atomic E-state index is 12.6. The van der Waals surface area contributed by atoms with E-state index >= 15 is 0 Å². The Bertz CT molecular complexity index is 1020. The average molecular weight is 470 g/mol. The maximum atomic E-state index is 12.6. The van der Waals surface area contributed by atoms with Crippen molar-refractivity contribution in [2.24, 2.45) is 0 Å². The quantitative estimate of drug-likeness (QED) is 0.521. The highest BCUT2D eigenvalue weighted by Gasteiger charge is 2.16. The third kappa shape index (κ3) is 5.62. The minimum absolute atomic E-state index is 0.219. The summed E-state index contributed by atoms with van der Waals surface area (Å²) in [6, 6.07) is 15.5. The zero-order chi connectivity index (χ0) is 20.8. The van der Waals surface area contributed by atoms with Crippen LogP contribution in [-0.2, 0) is 6.42 Å². The van der Waals surface area contributed by atoms with Crippen molar-refractivity contribution in [3.63, 3.8) is 0 Å². The first-order chi connectivity index (χ1) is 14.0. The Labute approximate surface area is 183 Å². The van der Waals surface area contributed by atoms with Crippen molar-refractivity contribution in [1.82, 2.24) is 10.3 Å². The number of halogens is 1. The molecule has 3 aromatic rings. The highest BCUT2D eigenvalue weighted by atomic mass is 79.9. The number of nitrogens with one attached hydrogen (secondary N) is 2. The normalized spacial score (nSPS) is 10.3. The number of hydrogen-bond donors (Lipinski definition) is 2. The number of anilines is 1. The summed E-state index contributed by atoms with van der Waals surface area (Å²) in [5, 5.41) is 5.96. The number of ether oxygens (including phenoxy) is 1. The Morgan fingerprint density at radius 2 is 1.76 bits per heavy atom. The van der Waals surface area contributed by atoms with Gasteiger partial charge in [0.25, 0.3) is 5.91 Å². The molecule has 2 aromatic carbocycles. The summed E-state index contributed by atoms with van der Waals surface area (Å²) in [7, 11) is 1.54. The molecule has 0 aliphatic carbocycles. The van der Waals surface area contributed by atoms with Gasteiger partial charge in [0.1, 0.15) is 5.75 Å². The summed E-state index contributed by atoms with van der Waals surface area (Å²) in [6.45, 7) is 1.88. The van der Waals surface area contributed by atoms with Gasteiger partial charge in [0.2, 0.25) is 0 Å². The molecule has 0 radical (unpaired) electrons. The first-order valence-corrected chi connectivity index (χ1v) is 10.1. The van der Waals surface area contributed by atoms with E-state index in [0.29, 0.717) is 11.3 Å². The minimum atomic E-state index is -0.335. The van der Waals surface area contributed by atoms with E-state index in [2.05, 4.69) is 31.5 Å². The van der Waals surface area contributed by atoms with Crippen molar-refractivity contribution in [3.05, 3.63) is 87.7 Å². The molecular weight excluding hydrogens is 450 g/mol. The Hall–Kier alpha value is -2.77. The van der Waals surface area contributed by atoms with Gasteiger partial charge < -0.3 is 10.1 Å². The summed E-state index contributed by atoms with van der Waals surface area (Å²) >= 11 is 8.70. The number of thiocarbonyl (C=S) groups is 1. The van der Waals surface area contributed by atoms with Crippen molar-refractivity contribution in [2.75, 3.05) is 12.4 Å². The largest absolute Gasteiger partial charge is 0.496 e. The van der Waals surface area contributed by atoms with Gasteiger partial charge in [-0.2, -0.15) is 0 Å². The third-order valence-corrected chi connectivity index (χ3v) is 4.95. The molecule has 0 fully saturated rings. The van der Waals surface area contributed by atoms with Gasteiger partial charge >= 0.3 is 0 Å². The molecular formula is C22H20BrN3O2S. The molecule has 1 heterocycles. The van der Waals surface area contributed by atoms with Gasteiger partial charge in [-0.05, 0) is 78.7 Å². The van der Waals surface area contributed by atoms with Crippen LogP contribution in [0.1, 0.15) is 27.0 Å². The molecule has 0 bridgehead atoms. The van der Waals surface area contributed by atoms with Crippen LogP contribution in [-0.4, -0.2) is 23.1 Å². The molecule has 0 aliphatic rings. The lowest BCUT2D eigenvalue weighted by atomic mass is 10.1. The van der Waals surface area contributed by atoms with Gasteiger partial charge in [0.15, 0.2) is 5.11 Å². The molecule has 29 heavy (non-hydrogen) atoms. The number of aromatic nitrogens is 1. The minimum Gasteiger partial charge on any atom is -0.496 e. The molecule has 5 nitrogen and oxygen atoms in total. The Kier molecular flexibility index (Phi) is 6.95. The Morgan fingerprint density at radius 1 is 1.10 bits per heavy atom. The van der Waals surface area contributed by atoms with E-state index in [1.54, 1.807) is 18.5 Å². The molecule has 148 valence electrons. The smallest absolute Gasteiger partial charge is 0.261 e. The van der Waals surface area contributed by atoms with Crippen LogP contribution >= 0.6 is 28.1 Å². The van der Waals surface area contributed by atoms with E-state index in [0.717, 1.165) is 22.1 Å². The van der Waals surface area contributed by atoms with Crippen molar-refractivity contribution in [1.29, 1.82) is 0 Å². The summed E-state index contributed by atoms with van der Waals surface area (Å²) in [6.07, 6.45) is 4.40. The molecule has 2 N–H and O–H groups in total. The highest BCUT2D eigenvalue weighted by Crippen LogP contribution is 2.27. The fourth-order valence-corrected chi connectivity index (χ4v) is 3.73. The molecule has 0 saturated carbocycles. The SMILES string of the molecule is COc1c(C)cc(Br)cc1C(=O)NC(=S)Nc1ccc(Cc2ccncc2)cc1. The van der Waals surface area contributed by atoms with Gasteiger partial charge in [-0.15, -0.1) is 0 Å². The predicted octanol–water partition coefficient (Wildman–Crippen LogP) is 4.88. The van der Waals surface area contributed by atoms with Crippen molar-refractivity contribution in [3.8, 4) is 5.75 Å². The molecule has 0 unspecified atom stereocenters. The number of carbonyl (C=O) groups is 1. The van der Waals surface area contributed by atoms with Crippen molar-refractivity contribution >= 4 is 44.9 Å². The summed E-state index contributed by atoms with van der Waals surface area (Å²) in [5.41, 5.74) is 4.44. The second kappa shape index (κ2) is 9.62. The number of methoxy groups -OCH3 is 1. The number of rotatable bonds is 5. The van der Waals surface area contributed by atoms with Crippen LogP contribution < -0.4 is 15.4 Å². The van der Waals surface area contributed by atoms with Crippen molar-refractivity contribution in [2.45, 2.75) is 13.3 Å². The molecule has 3 rings (SSSR count). The van der Waals surface area contributed by atoms with Crippen LogP contribution in [0.15, 0.2) is 65.4 Å². The van der Waals surface area contributed by atoms with E-state index in [9.17, 15) is 4.79 Å². The van der Waals surface area contributed by atoms with E-state index in [-0.39, 0.29) is 11.0 Å². The van der Waals surface area contributed by atoms with Gasteiger partial charge in [-0.1, -0.05) is 28.1 Å². The van der Waals surface area contributed by atoms with Gasteiger partial charge in [-0.3, -0.25) is 15.1 Å². The first kappa shape index (κ1) is 21.0. The molecule has 0 spiro atoms. The average Bonchev–Trinajstić information content (AvgIpc) is 2.69. The first-order valence-electron chi connectivity index (χ1n) is 8.90. The lowest BCUT2D eigenvalue weighted by Gasteiger charge is -2.14. The van der Waals surface area contributed by atoms with Crippen LogP contribution in [0, 0.1) is 6.92 Å². The Morgan fingerprint density at radius 3 is 2.41 bits per heavy atom. The highest BCUT2D eigenvalue weighted by molar-refractivity contribution is 9.10. The van der Waals surface area contributed by atoms with Crippen LogP contribution in [0.2, 0.25) is 0 Å². The fraction of sp³-hybridized carbons (Fsp3) is 0.136. The molecule has 0 saturated heterocycles. The van der Waals surface area contributed by atoms with E-state index in [1.165, 1.54) is 18.2 Å².